The molecule has 0 bridgehead atoms. The summed E-state index contributed by atoms with van der Waals surface area (Å²) in [6, 6.07) is 13.0. The van der Waals surface area contributed by atoms with Gasteiger partial charge in [-0.25, -0.2) is 4.39 Å². The Kier molecular flexibility index (Phi) is 3.95. The number of carbonyl (C=O) groups excluding carboxylic acids is 1. The third kappa shape index (κ3) is 2.99. The Hall–Kier alpha value is -2.77. The molecular weight excluding hydrogens is 365 g/mol. The summed E-state index contributed by atoms with van der Waals surface area (Å²) < 4.78 is 19.3. The lowest BCUT2D eigenvalue weighted by Gasteiger charge is -1.98. The van der Waals surface area contributed by atoms with Crippen LogP contribution in [0.4, 0.5) is 10.4 Å². The van der Waals surface area contributed by atoms with Crippen molar-refractivity contribution in [2.24, 2.45) is 0 Å². The van der Waals surface area contributed by atoms with E-state index in [1.807, 2.05) is 24.3 Å². The molecule has 8 heteroatoms. The van der Waals surface area contributed by atoms with Crippen molar-refractivity contribution in [1.29, 1.82) is 0 Å². The van der Waals surface area contributed by atoms with E-state index in [0.717, 1.165) is 10.1 Å². The van der Waals surface area contributed by atoms with Gasteiger partial charge in [-0.2, -0.15) is 0 Å². The Labute approximate surface area is 150 Å². The molecule has 4 rings (SSSR count). The summed E-state index contributed by atoms with van der Waals surface area (Å²) in [6.07, 6.45) is 0. The first-order chi connectivity index (χ1) is 12.1. The second kappa shape index (κ2) is 6.27. The number of halogens is 2. The van der Waals surface area contributed by atoms with Crippen LogP contribution in [0.5, 0.6) is 0 Å². The molecule has 0 saturated carbocycles. The molecule has 0 unspecified atom stereocenters. The van der Waals surface area contributed by atoms with Gasteiger partial charge in [-0.05, 0) is 30.3 Å². The average molecular weight is 374 g/mol. The van der Waals surface area contributed by atoms with E-state index in [1.165, 1.54) is 35.6 Å². The monoisotopic (exact) mass is 373 g/mol. The molecule has 0 saturated heterocycles. The van der Waals surface area contributed by atoms with E-state index >= 15 is 0 Å². The van der Waals surface area contributed by atoms with Crippen LogP contribution in [0, 0.1) is 5.82 Å². The Balaban J connectivity index is 1.58. The van der Waals surface area contributed by atoms with E-state index < -0.39 is 5.91 Å². The van der Waals surface area contributed by atoms with Crippen LogP contribution in [0.1, 0.15) is 9.67 Å². The number of nitrogens with zero attached hydrogens (tertiary/aromatic N) is 2. The lowest BCUT2D eigenvalue weighted by atomic mass is 10.2. The molecule has 5 nitrogen and oxygen atoms in total. The predicted octanol–water partition coefficient (Wildman–Crippen LogP) is 5.00. The Morgan fingerprint density at radius 3 is 2.64 bits per heavy atom. The van der Waals surface area contributed by atoms with Gasteiger partial charge in [0.15, 0.2) is 0 Å². The number of aromatic nitrogens is 2. The molecule has 124 valence electrons. The van der Waals surface area contributed by atoms with Gasteiger partial charge >= 0.3 is 6.01 Å². The fraction of sp³-hybridized carbons (Fsp3) is 0. The lowest BCUT2D eigenvalue weighted by Crippen LogP contribution is -2.10. The maximum absolute atomic E-state index is 13.0. The Morgan fingerprint density at radius 2 is 1.88 bits per heavy atom. The molecule has 2 aromatic carbocycles. The molecule has 4 aromatic rings. The van der Waals surface area contributed by atoms with Crippen molar-refractivity contribution in [2.45, 2.75) is 0 Å². The van der Waals surface area contributed by atoms with Gasteiger partial charge < -0.3 is 4.42 Å². The molecule has 2 heterocycles. The van der Waals surface area contributed by atoms with Crippen LogP contribution in [-0.2, 0) is 0 Å². The first kappa shape index (κ1) is 15.7. The van der Waals surface area contributed by atoms with Crippen LogP contribution >= 0.6 is 22.9 Å². The van der Waals surface area contributed by atoms with E-state index in [-0.39, 0.29) is 17.7 Å². The fourth-order valence-electron chi connectivity index (χ4n) is 2.30. The quantitative estimate of drug-likeness (QED) is 0.549. The molecule has 0 atom stereocenters. The molecule has 0 radical (unpaired) electrons. The van der Waals surface area contributed by atoms with Crippen molar-refractivity contribution in [1.82, 2.24) is 10.2 Å². The number of rotatable bonds is 3. The number of carbonyl (C=O) groups is 1. The molecular formula is C17H9ClFN3O2S. The maximum Gasteiger partial charge on any atom is 0.322 e. The molecule has 0 aliphatic heterocycles. The van der Waals surface area contributed by atoms with E-state index in [1.54, 1.807) is 0 Å². The van der Waals surface area contributed by atoms with Crippen molar-refractivity contribution in [3.05, 3.63) is 64.2 Å². The molecule has 1 N–H and O–H groups in total. The minimum absolute atomic E-state index is 0.0575. The number of hydrogen-bond donors (Lipinski definition) is 1. The van der Waals surface area contributed by atoms with Gasteiger partial charge in [-0.1, -0.05) is 34.9 Å². The van der Waals surface area contributed by atoms with Crippen LogP contribution in [-0.4, -0.2) is 16.1 Å². The largest absolute Gasteiger partial charge is 0.403 e. The minimum atomic E-state index is -0.430. The fourth-order valence-corrected chi connectivity index (χ4v) is 3.71. The standard InChI is InChI=1S/C17H9ClFN3O2S/c18-13-11-3-1-2-4-12(11)25-14(13)15(23)20-17-22-21-16(24-17)9-5-7-10(19)8-6-9/h1-8H,(H,20,22,23). The first-order valence-electron chi connectivity index (χ1n) is 7.19. The van der Waals surface area contributed by atoms with Gasteiger partial charge in [-0.15, -0.1) is 16.4 Å². The highest BCUT2D eigenvalue weighted by molar-refractivity contribution is 7.21. The van der Waals surface area contributed by atoms with Crippen LogP contribution in [0.2, 0.25) is 5.02 Å². The van der Waals surface area contributed by atoms with E-state index in [2.05, 4.69) is 15.5 Å². The highest BCUT2D eigenvalue weighted by atomic mass is 35.5. The molecule has 25 heavy (non-hydrogen) atoms. The summed E-state index contributed by atoms with van der Waals surface area (Å²) in [5, 5.41) is 11.4. The summed E-state index contributed by atoms with van der Waals surface area (Å²) >= 11 is 7.56. The van der Waals surface area contributed by atoms with E-state index in [0.29, 0.717) is 15.5 Å². The van der Waals surface area contributed by atoms with Crippen LogP contribution in [0.3, 0.4) is 0 Å². The maximum atomic E-state index is 13.0. The van der Waals surface area contributed by atoms with Crippen LogP contribution in [0.25, 0.3) is 21.5 Å². The van der Waals surface area contributed by atoms with Crippen molar-refractivity contribution in [3.8, 4) is 11.5 Å². The third-order valence-electron chi connectivity index (χ3n) is 3.48. The van der Waals surface area contributed by atoms with Crippen molar-refractivity contribution < 1.29 is 13.6 Å². The van der Waals surface area contributed by atoms with Gasteiger partial charge in [0.2, 0.25) is 5.89 Å². The number of amides is 1. The third-order valence-corrected chi connectivity index (χ3v) is 5.15. The van der Waals surface area contributed by atoms with E-state index in [4.69, 9.17) is 16.0 Å². The summed E-state index contributed by atoms with van der Waals surface area (Å²) in [4.78, 5) is 12.8. The van der Waals surface area contributed by atoms with Crippen molar-refractivity contribution >= 4 is 44.9 Å². The van der Waals surface area contributed by atoms with Crippen LogP contribution < -0.4 is 5.32 Å². The number of hydrogen-bond acceptors (Lipinski definition) is 5. The highest BCUT2D eigenvalue weighted by Gasteiger charge is 2.19. The van der Waals surface area contributed by atoms with E-state index in [9.17, 15) is 9.18 Å². The zero-order valence-corrected chi connectivity index (χ0v) is 14.1. The predicted molar refractivity (Wildman–Crippen MR) is 94.5 cm³/mol. The summed E-state index contributed by atoms with van der Waals surface area (Å²) in [5.41, 5.74) is 0.550. The summed E-state index contributed by atoms with van der Waals surface area (Å²) in [7, 11) is 0. The second-order valence-electron chi connectivity index (χ2n) is 5.11. The topological polar surface area (TPSA) is 68.0 Å². The van der Waals surface area contributed by atoms with Gasteiger partial charge in [0.05, 0.1) is 5.02 Å². The smallest absolute Gasteiger partial charge is 0.322 e. The zero-order valence-electron chi connectivity index (χ0n) is 12.5. The second-order valence-corrected chi connectivity index (χ2v) is 6.54. The summed E-state index contributed by atoms with van der Waals surface area (Å²) in [6.45, 7) is 0. The number of anilines is 1. The first-order valence-corrected chi connectivity index (χ1v) is 8.39. The molecule has 2 aromatic heterocycles. The molecule has 0 aliphatic carbocycles. The summed E-state index contributed by atoms with van der Waals surface area (Å²) in [5.74, 6) is -0.616. The van der Waals surface area contributed by atoms with Gasteiger partial charge in [-0.3, -0.25) is 10.1 Å². The number of thiophene rings is 1. The van der Waals surface area contributed by atoms with Crippen molar-refractivity contribution in [2.75, 3.05) is 5.32 Å². The van der Waals surface area contributed by atoms with Gasteiger partial charge in [0, 0.05) is 15.6 Å². The minimum Gasteiger partial charge on any atom is -0.403 e. The SMILES string of the molecule is O=C(Nc1nnc(-c2ccc(F)cc2)o1)c1sc2ccccc2c1Cl. The molecule has 0 aliphatic rings. The number of benzene rings is 2. The number of nitrogens with one attached hydrogen (secondary N) is 1. The lowest BCUT2D eigenvalue weighted by molar-refractivity contribution is 0.102. The molecule has 0 spiro atoms. The Bertz CT molecular complexity index is 1080. The van der Waals surface area contributed by atoms with Crippen LogP contribution in [0.15, 0.2) is 52.9 Å². The highest BCUT2D eigenvalue weighted by Crippen LogP contribution is 2.35. The molecule has 1 amide bonds. The Morgan fingerprint density at radius 1 is 1.12 bits per heavy atom. The number of fused-ring (bicyclic) bond motifs is 1. The molecule has 0 fully saturated rings. The van der Waals surface area contributed by atoms with Gasteiger partial charge in [0.1, 0.15) is 10.7 Å². The van der Waals surface area contributed by atoms with Crippen molar-refractivity contribution in [3.63, 3.8) is 0 Å². The zero-order chi connectivity index (χ0) is 17.4. The normalized spacial score (nSPS) is 11.0. The van der Waals surface area contributed by atoms with Gasteiger partial charge in [0.25, 0.3) is 5.91 Å². The average Bonchev–Trinajstić information content (AvgIpc) is 3.21.